The van der Waals surface area contributed by atoms with Crippen LogP contribution in [0, 0.1) is 13.8 Å². The van der Waals surface area contributed by atoms with Crippen LogP contribution in [0.15, 0.2) is 17.2 Å². The maximum absolute atomic E-state index is 13.8. The zero-order valence-electron chi connectivity index (χ0n) is 18.6. The number of aromatic nitrogens is 3. The molecular formula is C23H22F2N4O4S. The number of hydrogen-bond acceptors (Lipinski definition) is 6. The van der Waals surface area contributed by atoms with Crippen molar-refractivity contribution in [3.8, 4) is 0 Å². The fourth-order valence-corrected chi connectivity index (χ4v) is 6.19. The van der Waals surface area contributed by atoms with E-state index >= 15 is 0 Å². The summed E-state index contributed by atoms with van der Waals surface area (Å²) in [7, 11) is 0. The van der Waals surface area contributed by atoms with Crippen molar-refractivity contribution < 1.29 is 23.5 Å². The van der Waals surface area contributed by atoms with Crippen LogP contribution in [0.5, 0.6) is 0 Å². The molecule has 11 heteroatoms. The molecule has 34 heavy (non-hydrogen) atoms. The van der Waals surface area contributed by atoms with Gasteiger partial charge in [-0.05, 0) is 56.7 Å². The second kappa shape index (κ2) is 7.66. The highest BCUT2D eigenvalue weighted by molar-refractivity contribution is 7.20. The molecule has 3 aromatic heterocycles. The molecule has 0 aromatic carbocycles. The zero-order valence-corrected chi connectivity index (χ0v) is 19.4. The Hall–Kier alpha value is -3.21. The van der Waals surface area contributed by atoms with E-state index < -0.39 is 36.3 Å². The van der Waals surface area contributed by atoms with E-state index in [1.807, 2.05) is 0 Å². The number of alkyl halides is 2. The Bertz CT molecular complexity index is 1420. The maximum atomic E-state index is 13.8. The molecule has 2 N–H and O–H groups in total. The molecule has 4 heterocycles. The average Bonchev–Trinajstić information content (AvgIpc) is 3.27. The minimum atomic E-state index is -2.80. The van der Waals surface area contributed by atoms with Crippen LogP contribution in [0.4, 0.5) is 8.78 Å². The van der Waals surface area contributed by atoms with Gasteiger partial charge in [-0.25, -0.2) is 23.5 Å². The fourth-order valence-electron chi connectivity index (χ4n) is 5.18. The summed E-state index contributed by atoms with van der Waals surface area (Å²) in [6.07, 6.45) is 1.20. The first kappa shape index (κ1) is 22.6. The van der Waals surface area contributed by atoms with Gasteiger partial charge >= 0.3 is 5.97 Å². The third-order valence-corrected chi connectivity index (χ3v) is 8.08. The Morgan fingerprint density at radius 1 is 1.18 bits per heavy atom. The van der Waals surface area contributed by atoms with Crippen LogP contribution in [0.1, 0.15) is 68.2 Å². The monoisotopic (exact) mass is 488 g/mol. The number of carbonyl (C=O) groups excluding carboxylic acids is 1. The predicted octanol–water partition coefficient (Wildman–Crippen LogP) is 3.56. The number of aryl methyl sites for hydroxylation is 4. The highest BCUT2D eigenvalue weighted by Gasteiger charge is 2.50. The number of halogens is 2. The van der Waals surface area contributed by atoms with Crippen LogP contribution >= 0.6 is 11.3 Å². The number of carboxylic acids is 1. The second-order valence-corrected chi connectivity index (χ2v) is 10.0. The first-order chi connectivity index (χ1) is 16.0. The molecular weight excluding hydrogens is 466 g/mol. The van der Waals surface area contributed by atoms with Crippen molar-refractivity contribution in [1.82, 2.24) is 19.9 Å². The van der Waals surface area contributed by atoms with Crippen LogP contribution in [0.2, 0.25) is 0 Å². The largest absolute Gasteiger partial charge is 0.477 e. The summed E-state index contributed by atoms with van der Waals surface area (Å²) in [6.45, 7) is 3.44. The summed E-state index contributed by atoms with van der Waals surface area (Å²) in [5.74, 6) is -4.25. The van der Waals surface area contributed by atoms with Crippen molar-refractivity contribution in [2.75, 3.05) is 0 Å². The molecule has 1 fully saturated rings. The summed E-state index contributed by atoms with van der Waals surface area (Å²) in [6, 6.07) is 1.67. The lowest BCUT2D eigenvalue weighted by Gasteiger charge is -2.38. The third kappa shape index (κ3) is 3.41. The van der Waals surface area contributed by atoms with Crippen molar-refractivity contribution in [1.29, 1.82) is 0 Å². The molecule has 0 bridgehead atoms. The van der Waals surface area contributed by atoms with Gasteiger partial charge in [-0.2, -0.15) is 0 Å². The number of nitrogens with zero attached hydrogens (tertiary/aromatic N) is 3. The molecule has 8 nitrogen and oxygen atoms in total. The topological polar surface area (TPSA) is 114 Å². The van der Waals surface area contributed by atoms with Gasteiger partial charge < -0.3 is 10.4 Å². The van der Waals surface area contributed by atoms with Gasteiger partial charge in [0.1, 0.15) is 27.4 Å². The van der Waals surface area contributed by atoms with Crippen molar-refractivity contribution in [2.45, 2.75) is 64.0 Å². The summed E-state index contributed by atoms with van der Waals surface area (Å²) in [4.78, 5) is 47.0. The number of thiophene rings is 1. The minimum absolute atomic E-state index is 0.0138. The van der Waals surface area contributed by atoms with Crippen molar-refractivity contribution in [3.05, 3.63) is 55.7 Å². The molecule has 0 unspecified atom stereocenters. The van der Waals surface area contributed by atoms with Crippen molar-refractivity contribution >= 4 is 33.4 Å². The number of carbonyl (C=O) groups is 2. The van der Waals surface area contributed by atoms with Gasteiger partial charge in [-0.1, -0.05) is 0 Å². The molecule has 1 spiro atoms. The average molecular weight is 489 g/mol. The number of rotatable bonds is 4. The standard InChI is InChI=1S/C23H22F2N4O4S/c1-11-9-13(3-4-14-15-12(2)17(21(32)33)34-19(15)27-10-26-14)20(31)29-16(11)18(30)28-23(29)7-5-22(24,25)6-8-23/h9-10H,3-8H2,1-2H3,(H,28,30)(H,32,33). The van der Waals surface area contributed by atoms with Gasteiger partial charge in [0.15, 0.2) is 0 Å². The van der Waals surface area contributed by atoms with Gasteiger partial charge in [-0.3, -0.25) is 14.2 Å². The van der Waals surface area contributed by atoms with E-state index in [-0.39, 0.29) is 29.0 Å². The van der Waals surface area contributed by atoms with Gasteiger partial charge in [0, 0.05) is 23.8 Å². The van der Waals surface area contributed by atoms with E-state index in [0.29, 0.717) is 45.4 Å². The molecule has 0 saturated heterocycles. The Labute approximate surface area is 196 Å². The summed E-state index contributed by atoms with van der Waals surface area (Å²) in [5, 5.41) is 12.9. The highest BCUT2D eigenvalue weighted by atomic mass is 32.1. The number of aromatic carboxylic acids is 1. The molecule has 5 rings (SSSR count). The number of hydrogen-bond donors (Lipinski definition) is 2. The lowest BCUT2D eigenvalue weighted by Crippen LogP contribution is -2.51. The first-order valence-electron chi connectivity index (χ1n) is 11.0. The van der Waals surface area contributed by atoms with E-state index in [4.69, 9.17) is 0 Å². The number of carboxylic acid groups (broad SMARTS) is 1. The Morgan fingerprint density at radius 2 is 1.88 bits per heavy atom. The molecule has 0 radical (unpaired) electrons. The molecule has 1 saturated carbocycles. The number of amides is 1. The minimum Gasteiger partial charge on any atom is -0.477 e. The van der Waals surface area contributed by atoms with Crippen LogP contribution in [-0.4, -0.2) is 37.4 Å². The summed E-state index contributed by atoms with van der Waals surface area (Å²) in [5.41, 5.74) is 0.999. The second-order valence-electron chi connectivity index (χ2n) is 9.05. The SMILES string of the molecule is Cc1cc(CCc2ncnc3sc(C(=O)O)c(C)c23)c(=O)n2c1C(=O)NC21CCC(F)(F)CC1. The van der Waals surface area contributed by atoms with Crippen LogP contribution < -0.4 is 10.9 Å². The fraction of sp³-hybridized carbons (Fsp3) is 0.435. The number of pyridine rings is 1. The van der Waals surface area contributed by atoms with Crippen molar-refractivity contribution in [3.63, 3.8) is 0 Å². The summed E-state index contributed by atoms with van der Waals surface area (Å²) < 4.78 is 29.1. The van der Waals surface area contributed by atoms with Crippen LogP contribution in [0.3, 0.4) is 0 Å². The zero-order chi connectivity index (χ0) is 24.4. The van der Waals surface area contributed by atoms with E-state index in [1.165, 1.54) is 10.9 Å². The number of nitrogens with one attached hydrogen (secondary N) is 1. The lowest BCUT2D eigenvalue weighted by atomic mass is 9.86. The van der Waals surface area contributed by atoms with Crippen molar-refractivity contribution in [2.24, 2.45) is 0 Å². The molecule has 178 valence electrons. The molecule has 3 aromatic rings. The Balaban J connectivity index is 1.52. The number of fused-ring (bicyclic) bond motifs is 3. The van der Waals surface area contributed by atoms with E-state index in [2.05, 4.69) is 15.3 Å². The highest BCUT2D eigenvalue weighted by Crippen LogP contribution is 2.43. The van der Waals surface area contributed by atoms with Gasteiger partial charge in [-0.15, -0.1) is 11.3 Å². The molecule has 1 amide bonds. The van der Waals surface area contributed by atoms with Gasteiger partial charge in [0.25, 0.3) is 11.5 Å². The molecule has 2 aliphatic rings. The first-order valence-corrected chi connectivity index (χ1v) is 11.8. The van der Waals surface area contributed by atoms with E-state index in [1.54, 1.807) is 19.9 Å². The third-order valence-electron chi connectivity index (χ3n) is 6.89. The summed E-state index contributed by atoms with van der Waals surface area (Å²) >= 11 is 1.08. The molecule has 1 aliphatic carbocycles. The van der Waals surface area contributed by atoms with Gasteiger partial charge in [0.05, 0.1) is 5.69 Å². The molecule has 0 atom stereocenters. The lowest BCUT2D eigenvalue weighted by molar-refractivity contribution is -0.0668. The van der Waals surface area contributed by atoms with E-state index in [0.717, 1.165) is 11.3 Å². The predicted molar refractivity (Wildman–Crippen MR) is 121 cm³/mol. The van der Waals surface area contributed by atoms with Gasteiger partial charge in [0.2, 0.25) is 5.92 Å². The Kier molecular flexibility index (Phi) is 5.08. The smallest absolute Gasteiger partial charge is 0.346 e. The Morgan fingerprint density at radius 3 is 2.56 bits per heavy atom. The normalized spacial score (nSPS) is 18.3. The van der Waals surface area contributed by atoms with E-state index in [9.17, 15) is 28.3 Å². The quantitative estimate of drug-likeness (QED) is 0.581. The van der Waals surface area contributed by atoms with Crippen LogP contribution in [-0.2, 0) is 18.5 Å². The van der Waals surface area contributed by atoms with Crippen LogP contribution in [0.25, 0.3) is 10.2 Å². The molecule has 1 aliphatic heterocycles. The maximum Gasteiger partial charge on any atom is 0.346 e.